The fourth-order valence-electron chi connectivity index (χ4n) is 1.29. The van der Waals surface area contributed by atoms with Gasteiger partial charge in [0.1, 0.15) is 0 Å². The van der Waals surface area contributed by atoms with Crippen molar-refractivity contribution in [1.82, 2.24) is 15.5 Å². The molecule has 4 N–H and O–H groups in total. The molecule has 3 amide bonds. The van der Waals surface area contributed by atoms with Gasteiger partial charge in [0, 0.05) is 6.04 Å². The predicted octanol–water partition coefficient (Wildman–Crippen LogP) is -1.15. The maximum atomic E-state index is 11.2. The molecule has 0 unspecified atom stereocenters. The number of rotatable bonds is 4. The first-order chi connectivity index (χ1) is 7.50. The van der Waals surface area contributed by atoms with Gasteiger partial charge in [-0.15, -0.1) is 0 Å². The number of nitrogens with two attached hydrogens (primary N) is 1. The first kappa shape index (κ1) is 12.3. The highest BCUT2D eigenvalue weighted by molar-refractivity contribution is 6.01. The van der Waals surface area contributed by atoms with Gasteiger partial charge in [0.05, 0.1) is 19.6 Å². The molecule has 0 atom stereocenters. The summed E-state index contributed by atoms with van der Waals surface area (Å²) in [6, 6.07) is -0.156. The van der Waals surface area contributed by atoms with Crippen LogP contribution >= 0.6 is 0 Å². The molecule has 1 aliphatic rings. The van der Waals surface area contributed by atoms with Gasteiger partial charge in [0.15, 0.2) is 5.96 Å². The molecular weight excluding hydrogens is 210 g/mol. The quantitative estimate of drug-likeness (QED) is 0.321. The lowest BCUT2D eigenvalue weighted by molar-refractivity contribution is -0.124. The molecule has 0 radical (unpaired) electrons. The molecule has 1 heterocycles. The predicted molar refractivity (Wildman–Crippen MR) is 59.9 cm³/mol. The SMILES string of the molecule is CC(C)NC(N)=NCCN1C(=O)CNC1=O. The Kier molecular flexibility index (Phi) is 4.10. The molecule has 1 fully saturated rings. The summed E-state index contributed by atoms with van der Waals surface area (Å²) in [7, 11) is 0. The average Bonchev–Trinajstić information content (AvgIpc) is 2.47. The van der Waals surface area contributed by atoms with E-state index in [1.165, 1.54) is 0 Å². The fourth-order valence-corrected chi connectivity index (χ4v) is 1.29. The number of aliphatic imine (C=N–C) groups is 1. The monoisotopic (exact) mass is 227 g/mol. The van der Waals surface area contributed by atoms with Crippen LogP contribution in [-0.4, -0.2) is 48.5 Å². The maximum absolute atomic E-state index is 11.2. The second-order valence-corrected chi connectivity index (χ2v) is 3.77. The van der Waals surface area contributed by atoms with Crippen molar-refractivity contribution in [2.75, 3.05) is 19.6 Å². The number of urea groups is 1. The average molecular weight is 227 g/mol. The summed E-state index contributed by atoms with van der Waals surface area (Å²) in [5, 5.41) is 5.35. The van der Waals surface area contributed by atoms with Crippen molar-refractivity contribution in [2.45, 2.75) is 19.9 Å². The van der Waals surface area contributed by atoms with Crippen LogP contribution in [-0.2, 0) is 4.79 Å². The van der Waals surface area contributed by atoms with E-state index in [4.69, 9.17) is 5.73 Å². The first-order valence-electron chi connectivity index (χ1n) is 5.15. The molecule has 1 rings (SSSR count). The fraction of sp³-hybridized carbons (Fsp3) is 0.667. The van der Waals surface area contributed by atoms with E-state index in [0.29, 0.717) is 12.5 Å². The Morgan fingerprint density at radius 2 is 2.31 bits per heavy atom. The Hall–Kier alpha value is -1.79. The first-order valence-corrected chi connectivity index (χ1v) is 5.15. The molecule has 16 heavy (non-hydrogen) atoms. The Morgan fingerprint density at radius 1 is 1.62 bits per heavy atom. The molecule has 0 saturated carbocycles. The summed E-state index contributed by atoms with van der Waals surface area (Å²) in [5.74, 6) is 0.0950. The lowest BCUT2D eigenvalue weighted by atomic mass is 10.4. The lowest BCUT2D eigenvalue weighted by Crippen LogP contribution is -2.38. The highest BCUT2D eigenvalue weighted by Crippen LogP contribution is 1.97. The van der Waals surface area contributed by atoms with Crippen LogP contribution in [0.3, 0.4) is 0 Å². The van der Waals surface area contributed by atoms with Crippen molar-refractivity contribution in [3.05, 3.63) is 0 Å². The number of nitrogens with zero attached hydrogens (tertiary/aromatic N) is 2. The normalized spacial score (nSPS) is 16.9. The van der Waals surface area contributed by atoms with E-state index in [2.05, 4.69) is 15.6 Å². The smallest absolute Gasteiger partial charge is 0.324 e. The van der Waals surface area contributed by atoms with E-state index in [0.717, 1.165) is 4.90 Å². The molecule has 7 nitrogen and oxygen atoms in total. The van der Waals surface area contributed by atoms with Crippen LogP contribution in [0.5, 0.6) is 0 Å². The van der Waals surface area contributed by atoms with E-state index in [-0.39, 0.29) is 31.1 Å². The minimum Gasteiger partial charge on any atom is -0.370 e. The van der Waals surface area contributed by atoms with Crippen molar-refractivity contribution in [3.8, 4) is 0 Å². The van der Waals surface area contributed by atoms with Crippen molar-refractivity contribution >= 4 is 17.9 Å². The summed E-state index contributed by atoms with van der Waals surface area (Å²) < 4.78 is 0. The molecule has 7 heteroatoms. The lowest BCUT2D eigenvalue weighted by Gasteiger charge is -2.11. The largest absolute Gasteiger partial charge is 0.370 e. The third-order valence-electron chi connectivity index (χ3n) is 1.98. The Bertz CT molecular complexity index is 297. The second kappa shape index (κ2) is 5.34. The van der Waals surface area contributed by atoms with Gasteiger partial charge in [0.25, 0.3) is 0 Å². The van der Waals surface area contributed by atoms with E-state index in [1.54, 1.807) is 0 Å². The van der Waals surface area contributed by atoms with Crippen molar-refractivity contribution in [1.29, 1.82) is 0 Å². The van der Waals surface area contributed by atoms with Gasteiger partial charge < -0.3 is 16.4 Å². The van der Waals surface area contributed by atoms with Crippen LogP contribution in [0.4, 0.5) is 4.79 Å². The number of imide groups is 1. The van der Waals surface area contributed by atoms with Crippen LogP contribution < -0.4 is 16.4 Å². The molecular formula is C9H17N5O2. The van der Waals surface area contributed by atoms with E-state index in [1.807, 2.05) is 13.8 Å². The minimum atomic E-state index is -0.365. The van der Waals surface area contributed by atoms with Crippen molar-refractivity contribution in [3.63, 3.8) is 0 Å². The van der Waals surface area contributed by atoms with Crippen LogP contribution in [0.2, 0.25) is 0 Å². The van der Waals surface area contributed by atoms with Gasteiger partial charge in [0.2, 0.25) is 5.91 Å². The molecule has 90 valence electrons. The van der Waals surface area contributed by atoms with E-state index < -0.39 is 0 Å². The van der Waals surface area contributed by atoms with Crippen LogP contribution in [0, 0.1) is 0 Å². The summed E-state index contributed by atoms with van der Waals surface area (Å²) in [4.78, 5) is 27.5. The third kappa shape index (κ3) is 3.41. The Balaban J connectivity index is 2.34. The topological polar surface area (TPSA) is 99.8 Å². The van der Waals surface area contributed by atoms with Crippen LogP contribution in [0.1, 0.15) is 13.8 Å². The van der Waals surface area contributed by atoms with Gasteiger partial charge in [-0.2, -0.15) is 0 Å². The van der Waals surface area contributed by atoms with Gasteiger partial charge >= 0.3 is 6.03 Å². The van der Waals surface area contributed by atoms with Crippen molar-refractivity contribution < 1.29 is 9.59 Å². The molecule has 0 aromatic rings. The molecule has 1 aliphatic heterocycles. The molecule has 0 aromatic carbocycles. The Morgan fingerprint density at radius 3 is 2.81 bits per heavy atom. The molecule has 0 spiro atoms. The number of hydrogen-bond donors (Lipinski definition) is 3. The zero-order valence-corrected chi connectivity index (χ0v) is 9.49. The highest BCUT2D eigenvalue weighted by Gasteiger charge is 2.27. The number of carbonyl (C=O) groups excluding carboxylic acids is 2. The number of hydrogen-bond acceptors (Lipinski definition) is 3. The van der Waals surface area contributed by atoms with Crippen LogP contribution in [0.15, 0.2) is 4.99 Å². The molecule has 0 aromatic heterocycles. The standard InChI is InChI=1S/C9H17N5O2/c1-6(2)13-8(10)11-3-4-14-7(15)5-12-9(14)16/h6H,3-5H2,1-2H3,(H,12,16)(H3,10,11,13). The van der Waals surface area contributed by atoms with Gasteiger partial charge in [-0.3, -0.25) is 14.7 Å². The zero-order valence-electron chi connectivity index (χ0n) is 9.49. The summed E-state index contributed by atoms with van der Waals surface area (Å²) >= 11 is 0. The minimum absolute atomic E-state index is 0.0717. The second-order valence-electron chi connectivity index (χ2n) is 3.77. The Labute approximate surface area is 94.1 Å². The summed E-state index contributed by atoms with van der Waals surface area (Å²) in [6.45, 7) is 4.53. The number of nitrogens with one attached hydrogen (secondary N) is 2. The zero-order chi connectivity index (χ0) is 12.1. The third-order valence-corrected chi connectivity index (χ3v) is 1.98. The van der Waals surface area contributed by atoms with Crippen molar-refractivity contribution in [2.24, 2.45) is 10.7 Å². The van der Waals surface area contributed by atoms with E-state index in [9.17, 15) is 9.59 Å². The van der Waals surface area contributed by atoms with Gasteiger partial charge in [-0.1, -0.05) is 0 Å². The maximum Gasteiger partial charge on any atom is 0.324 e. The number of carbonyl (C=O) groups is 2. The van der Waals surface area contributed by atoms with Gasteiger partial charge in [-0.05, 0) is 13.8 Å². The van der Waals surface area contributed by atoms with E-state index >= 15 is 0 Å². The highest BCUT2D eigenvalue weighted by atomic mass is 16.2. The summed E-state index contributed by atoms with van der Waals surface area (Å²) in [6.07, 6.45) is 0. The van der Waals surface area contributed by atoms with Crippen LogP contribution in [0.25, 0.3) is 0 Å². The number of guanidine groups is 1. The number of amides is 3. The molecule has 1 saturated heterocycles. The van der Waals surface area contributed by atoms with Gasteiger partial charge in [-0.25, -0.2) is 4.79 Å². The summed E-state index contributed by atoms with van der Waals surface area (Å²) in [5.41, 5.74) is 5.56. The molecule has 0 bridgehead atoms. The molecule has 0 aliphatic carbocycles.